The highest BCUT2D eigenvalue weighted by Crippen LogP contribution is 2.27. The summed E-state index contributed by atoms with van der Waals surface area (Å²) in [7, 11) is 1.64. The number of imidazole rings is 1. The summed E-state index contributed by atoms with van der Waals surface area (Å²) in [6, 6.07) is 5.57. The fourth-order valence-electron chi connectivity index (χ4n) is 4.21. The molecule has 0 bridgehead atoms. The molecule has 0 radical (unpaired) electrons. The fourth-order valence-corrected chi connectivity index (χ4v) is 4.73. The minimum absolute atomic E-state index is 0.384. The normalized spacial score (nSPS) is 15.1. The van der Waals surface area contributed by atoms with E-state index < -0.39 is 5.69 Å². The molecule has 0 unspecified atom stereocenters. The van der Waals surface area contributed by atoms with Crippen LogP contribution in [0.15, 0.2) is 27.8 Å². The summed E-state index contributed by atoms with van der Waals surface area (Å²) < 4.78 is 3.38. The molecule has 1 aliphatic rings. The zero-order valence-electron chi connectivity index (χ0n) is 18.4. The number of aromatic amines is 1. The molecule has 1 aromatic carbocycles. The van der Waals surface area contributed by atoms with E-state index in [1.165, 1.54) is 4.57 Å². The Morgan fingerprint density at radius 3 is 2.41 bits per heavy atom. The van der Waals surface area contributed by atoms with Gasteiger partial charge in [-0.3, -0.25) is 19.2 Å². The molecule has 1 saturated heterocycles. The van der Waals surface area contributed by atoms with Gasteiger partial charge in [-0.05, 0) is 18.6 Å². The summed E-state index contributed by atoms with van der Waals surface area (Å²) in [5, 5.41) is 1.36. The first kappa shape index (κ1) is 22.9. The maximum atomic E-state index is 12.6. The molecule has 32 heavy (non-hydrogen) atoms. The third kappa shape index (κ3) is 4.44. The van der Waals surface area contributed by atoms with E-state index in [9.17, 15) is 9.59 Å². The molecular weight excluding hydrogens is 451 g/mol. The molecule has 1 N–H and O–H groups in total. The molecule has 3 heterocycles. The molecule has 0 saturated carbocycles. The van der Waals surface area contributed by atoms with Crippen LogP contribution in [-0.4, -0.2) is 50.2 Å². The van der Waals surface area contributed by atoms with E-state index in [0.717, 1.165) is 57.0 Å². The minimum Gasteiger partial charge on any atom is -0.340 e. The van der Waals surface area contributed by atoms with Crippen molar-refractivity contribution in [1.82, 2.24) is 24.0 Å². The molecule has 0 aliphatic carbocycles. The number of aromatic nitrogens is 4. The molecule has 4 rings (SSSR count). The Morgan fingerprint density at radius 2 is 1.75 bits per heavy atom. The lowest BCUT2D eigenvalue weighted by atomic mass is 10.2. The molecule has 10 heteroatoms. The van der Waals surface area contributed by atoms with Crippen LogP contribution in [-0.2, 0) is 20.1 Å². The van der Waals surface area contributed by atoms with Crippen molar-refractivity contribution in [3.63, 3.8) is 0 Å². The van der Waals surface area contributed by atoms with Crippen molar-refractivity contribution in [2.75, 3.05) is 31.1 Å². The van der Waals surface area contributed by atoms with Crippen molar-refractivity contribution in [3.8, 4) is 0 Å². The van der Waals surface area contributed by atoms with Crippen LogP contribution in [0.4, 0.5) is 5.95 Å². The van der Waals surface area contributed by atoms with Gasteiger partial charge in [0.15, 0.2) is 11.2 Å². The Labute approximate surface area is 196 Å². The number of rotatable bonds is 7. The van der Waals surface area contributed by atoms with Gasteiger partial charge in [-0.15, -0.1) is 0 Å². The highest BCUT2D eigenvalue weighted by molar-refractivity contribution is 6.35. The third-order valence-electron chi connectivity index (χ3n) is 6.07. The number of anilines is 1. The van der Waals surface area contributed by atoms with Crippen molar-refractivity contribution < 1.29 is 0 Å². The predicted molar refractivity (Wildman–Crippen MR) is 129 cm³/mol. The van der Waals surface area contributed by atoms with Crippen LogP contribution < -0.4 is 16.1 Å². The Balaban J connectivity index is 1.59. The lowest BCUT2D eigenvalue weighted by Gasteiger charge is -2.35. The molecule has 2 aromatic heterocycles. The van der Waals surface area contributed by atoms with Crippen LogP contribution >= 0.6 is 23.2 Å². The second-order valence-corrected chi connectivity index (χ2v) is 9.04. The lowest BCUT2D eigenvalue weighted by molar-refractivity contribution is 0.248. The molecule has 3 aromatic rings. The van der Waals surface area contributed by atoms with E-state index in [1.54, 1.807) is 7.05 Å². The molecule has 172 valence electrons. The van der Waals surface area contributed by atoms with Gasteiger partial charge >= 0.3 is 5.69 Å². The van der Waals surface area contributed by atoms with Crippen LogP contribution in [0, 0.1) is 0 Å². The van der Waals surface area contributed by atoms with E-state index in [4.69, 9.17) is 28.2 Å². The van der Waals surface area contributed by atoms with Gasteiger partial charge in [0, 0.05) is 61.9 Å². The monoisotopic (exact) mass is 478 g/mol. The van der Waals surface area contributed by atoms with E-state index in [2.05, 4.69) is 21.7 Å². The van der Waals surface area contributed by atoms with Crippen molar-refractivity contribution in [1.29, 1.82) is 0 Å². The van der Waals surface area contributed by atoms with E-state index in [-0.39, 0.29) is 5.56 Å². The van der Waals surface area contributed by atoms with Crippen LogP contribution in [0.2, 0.25) is 10.0 Å². The first-order valence-corrected chi connectivity index (χ1v) is 11.8. The van der Waals surface area contributed by atoms with E-state index in [1.807, 2.05) is 22.8 Å². The average Bonchev–Trinajstić information content (AvgIpc) is 3.16. The van der Waals surface area contributed by atoms with Gasteiger partial charge in [-0.2, -0.15) is 4.98 Å². The average molecular weight is 479 g/mol. The number of nitrogens with one attached hydrogen (secondary N) is 1. The summed E-state index contributed by atoms with van der Waals surface area (Å²) in [5.74, 6) is 0.748. The molecule has 1 aliphatic heterocycles. The maximum absolute atomic E-state index is 12.6. The van der Waals surface area contributed by atoms with Crippen molar-refractivity contribution >= 4 is 40.3 Å². The largest absolute Gasteiger partial charge is 0.340 e. The number of piperazine rings is 1. The maximum Gasteiger partial charge on any atom is 0.329 e. The Bertz CT molecular complexity index is 1200. The Kier molecular flexibility index (Phi) is 6.93. The summed E-state index contributed by atoms with van der Waals surface area (Å²) in [6.45, 7) is 6.66. The summed E-state index contributed by atoms with van der Waals surface area (Å²) in [4.78, 5) is 36.4. The number of unbranched alkanes of at least 4 members (excludes halogenated alkanes) is 2. The van der Waals surface area contributed by atoms with Crippen molar-refractivity contribution in [3.05, 3.63) is 54.6 Å². The molecule has 0 atom stereocenters. The van der Waals surface area contributed by atoms with Gasteiger partial charge in [-0.1, -0.05) is 49.0 Å². The topological polar surface area (TPSA) is 79.2 Å². The second-order valence-electron chi connectivity index (χ2n) is 8.22. The third-order valence-corrected chi connectivity index (χ3v) is 6.78. The van der Waals surface area contributed by atoms with Crippen LogP contribution in [0.5, 0.6) is 0 Å². The van der Waals surface area contributed by atoms with Gasteiger partial charge < -0.3 is 9.47 Å². The molecule has 8 nitrogen and oxygen atoms in total. The van der Waals surface area contributed by atoms with Crippen LogP contribution in [0.25, 0.3) is 11.2 Å². The number of H-pyrrole nitrogens is 1. The fraction of sp³-hybridized carbons (Fsp3) is 0.500. The standard InChI is InChI=1S/C22H28Cl2N6O2/c1-3-4-5-9-30-18-19(27(2)22(32)26-20(18)31)25-21(30)29-12-10-28(11-13-29)14-15-16(23)7-6-8-17(15)24/h6-8H,3-5,9-14H2,1-2H3,(H,26,31,32). The van der Waals surface area contributed by atoms with Gasteiger partial charge in [0.25, 0.3) is 5.56 Å². The number of nitrogens with zero attached hydrogens (tertiary/aromatic N) is 5. The van der Waals surface area contributed by atoms with Crippen molar-refractivity contribution in [2.45, 2.75) is 39.3 Å². The van der Waals surface area contributed by atoms with Gasteiger partial charge in [0.1, 0.15) is 0 Å². The molecule has 0 spiro atoms. The second kappa shape index (κ2) is 9.68. The number of benzene rings is 1. The highest BCUT2D eigenvalue weighted by atomic mass is 35.5. The quantitative estimate of drug-likeness (QED) is 0.527. The van der Waals surface area contributed by atoms with Gasteiger partial charge in [0.05, 0.1) is 0 Å². The predicted octanol–water partition coefficient (Wildman–Crippen LogP) is 3.24. The van der Waals surface area contributed by atoms with Gasteiger partial charge in [0.2, 0.25) is 5.95 Å². The lowest BCUT2D eigenvalue weighted by Crippen LogP contribution is -2.47. The molecule has 1 fully saturated rings. The van der Waals surface area contributed by atoms with Crippen LogP contribution in [0.3, 0.4) is 0 Å². The number of aryl methyl sites for hydroxylation is 2. The first-order chi connectivity index (χ1) is 15.4. The number of halogens is 2. The zero-order valence-corrected chi connectivity index (χ0v) is 19.9. The summed E-state index contributed by atoms with van der Waals surface area (Å²) >= 11 is 12.7. The summed E-state index contributed by atoms with van der Waals surface area (Å²) in [5.41, 5.74) is 0.996. The highest BCUT2D eigenvalue weighted by Gasteiger charge is 2.25. The number of hydrogen-bond acceptors (Lipinski definition) is 5. The van der Waals surface area contributed by atoms with Crippen LogP contribution in [0.1, 0.15) is 31.7 Å². The Hall–Kier alpha value is -2.29. The van der Waals surface area contributed by atoms with Crippen molar-refractivity contribution in [2.24, 2.45) is 7.05 Å². The van der Waals surface area contributed by atoms with E-state index >= 15 is 0 Å². The molecule has 0 amide bonds. The zero-order chi connectivity index (χ0) is 22.8. The SMILES string of the molecule is CCCCCn1c(N2CCN(Cc3c(Cl)cccc3Cl)CC2)nc2c1c(=O)[nH]c(=O)n2C. The van der Waals surface area contributed by atoms with E-state index in [0.29, 0.717) is 34.3 Å². The number of fused-ring (bicyclic) bond motifs is 1. The minimum atomic E-state index is -0.450. The summed E-state index contributed by atoms with van der Waals surface area (Å²) in [6.07, 6.45) is 3.09. The Morgan fingerprint density at radius 1 is 1.06 bits per heavy atom. The first-order valence-electron chi connectivity index (χ1n) is 11.0. The smallest absolute Gasteiger partial charge is 0.329 e. The van der Waals surface area contributed by atoms with Gasteiger partial charge in [-0.25, -0.2) is 4.79 Å². The molecular formula is C22H28Cl2N6O2. The number of hydrogen-bond donors (Lipinski definition) is 1.